The molecular formula is C23H17N3OS. The van der Waals surface area contributed by atoms with Gasteiger partial charge < -0.3 is 9.72 Å². The molecule has 0 aliphatic rings. The van der Waals surface area contributed by atoms with E-state index < -0.39 is 0 Å². The zero-order valence-corrected chi connectivity index (χ0v) is 16.0. The lowest BCUT2D eigenvalue weighted by molar-refractivity contribution is 0.415. The number of methoxy groups -OCH3 is 1. The Morgan fingerprint density at radius 3 is 2.64 bits per heavy atom. The predicted octanol–water partition coefficient (Wildman–Crippen LogP) is 5.79. The zero-order chi connectivity index (χ0) is 19.3. The van der Waals surface area contributed by atoms with Gasteiger partial charge in [-0.05, 0) is 42.0 Å². The molecule has 5 heteroatoms. The lowest BCUT2D eigenvalue weighted by Crippen LogP contribution is -1.86. The van der Waals surface area contributed by atoms with Gasteiger partial charge in [0.05, 0.1) is 23.7 Å². The van der Waals surface area contributed by atoms with Crippen LogP contribution in [-0.4, -0.2) is 17.1 Å². The van der Waals surface area contributed by atoms with Crippen molar-refractivity contribution < 1.29 is 4.74 Å². The van der Waals surface area contributed by atoms with Gasteiger partial charge in [-0.2, -0.15) is 5.26 Å². The third kappa shape index (κ3) is 3.78. The summed E-state index contributed by atoms with van der Waals surface area (Å²) >= 11 is 1.67. The first-order chi connectivity index (χ1) is 13.8. The van der Waals surface area contributed by atoms with E-state index in [0.29, 0.717) is 11.4 Å². The molecule has 4 nitrogen and oxygen atoms in total. The molecule has 0 aliphatic heterocycles. The number of imidazole rings is 1. The molecule has 0 radical (unpaired) electrons. The van der Waals surface area contributed by atoms with Crippen molar-refractivity contribution in [2.45, 2.75) is 9.79 Å². The summed E-state index contributed by atoms with van der Waals surface area (Å²) in [6, 6.07) is 26.1. The number of fused-ring (bicyclic) bond motifs is 1. The highest BCUT2D eigenvalue weighted by Crippen LogP contribution is 2.32. The second-order valence-electron chi connectivity index (χ2n) is 6.09. The number of aromatic nitrogens is 2. The van der Waals surface area contributed by atoms with E-state index in [1.165, 1.54) is 0 Å². The molecule has 0 fully saturated rings. The van der Waals surface area contributed by atoms with E-state index in [4.69, 9.17) is 4.74 Å². The van der Waals surface area contributed by atoms with Gasteiger partial charge in [-0.25, -0.2) is 4.98 Å². The molecule has 0 aliphatic carbocycles. The van der Waals surface area contributed by atoms with Gasteiger partial charge in [0.2, 0.25) is 0 Å². The number of nitrogens with zero attached hydrogens (tertiary/aromatic N) is 2. The van der Waals surface area contributed by atoms with Gasteiger partial charge in [-0.1, -0.05) is 48.2 Å². The van der Waals surface area contributed by atoms with E-state index in [2.05, 4.69) is 34.2 Å². The first-order valence-electron chi connectivity index (χ1n) is 8.74. The van der Waals surface area contributed by atoms with Gasteiger partial charge in [0.15, 0.2) is 0 Å². The molecule has 0 unspecified atom stereocenters. The Morgan fingerprint density at radius 1 is 1.07 bits per heavy atom. The molecule has 0 spiro atoms. The van der Waals surface area contributed by atoms with Crippen LogP contribution in [0.4, 0.5) is 0 Å². The topological polar surface area (TPSA) is 61.7 Å². The number of hydrogen-bond donors (Lipinski definition) is 1. The quantitative estimate of drug-likeness (QED) is 0.443. The molecule has 3 aromatic carbocycles. The fraction of sp³-hybridized carbons (Fsp3) is 0.0435. The minimum Gasteiger partial charge on any atom is -0.497 e. The number of hydrogen-bond acceptors (Lipinski definition) is 4. The summed E-state index contributed by atoms with van der Waals surface area (Å²) in [5.41, 5.74) is 3.09. The van der Waals surface area contributed by atoms with E-state index in [9.17, 15) is 5.26 Å². The minimum atomic E-state index is 0.483. The molecular weight excluding hydrogens is 366 g/mol. The summed E-state index contributed by atoms with van der Waals surface area (Å²) in [7, 11) is 1.63. The second kappa shape index (κ2) is 8.03. The van der Waals surface area contributed by atoms with Crippen molar-refractivity contribution in [1.82, 2.24) is 9.97 Å². The highest BCUT2D eigenvalue weighted by Gasteiger charge is 2.10. The number of rotatable bonds is 5. The van der Waals surface area contributed by atoms with E-state index in [1.54, 1.807) is 18.9 Å². The standard InChI is InChI=1S/C23H17N3OS/c1-27-18-11-12-20-21(14-18)26-23(25-20)17(15-24)13-16-7-5-6-10-22(16)28-19-8-3-2-4-9-19/h2-14H,1H3,(H,25,26)/b17-13+. The van der Waals surface area contributed by atoms with Crippen LogP contribution in [0.3, 0.4) is 0 Å². The molecule has 0 bridgehead atoms. The van der Waals surface area contributed by atoms with Crippen molar-refractivity contribution in [3.05, 3.63) is 84.2 Å². The molecule has 28 heavy (non-hydrogen) atoms. The van der Waals surface area contributed by atoms with Gasteiger partial charge in [0.25, 0.3) is 0 Å². The van der Waals surface area contributed by atoms with Gasteiger partial charge in [0.1, 0.15) is 17.6 Å². The molecule has 136 valence electrons. The zero-order valence-electron chi connectivity index (χ0n) is 15.2. The van der Waals surface area contributed by atoms with Crippen LogP contribution in [0.1, 0.15) is 11.4 Å². The van der Waals surface area contributed by atoms with Gasteiger partial charge >= 0.3 is 0 Å². The average molecular weight is 383 g/mol. The molecule has 4 aromatic rings. The molecule has 1 aromatic heterocycles. The number of allylic oxidation sites excluding steroid dienone is 1. The number of benzene rings is 3. The lowest BCUT2D eigenvalue weighted by atomic mass is 10.1. The molecule has 4 rings (SSSR count). The van der Waals surface area contributed by atoms with E-state index in [1.807, 2.05) is 60.7 Å². The van der Waals surface area contributed by atoms with E-state index in [0.717, 1.165) is 32.1 Å². The first kappa shape index (κ1) is 17.9. The first-order valence-corrected chi connectivity index (χ1v) is 9.56. The third-order valence-corrected chi connectivity index (χ3v) is 5.35. The summed E-state index contributed by atoms with van der Waals surface area (Å²) in [6.45, 7) is 0. The predicted molar refractivity (Wildman–Crippen MR) is 113 cm³/mol. The SMILES string of the molecule is COc1ccc2nc(/C(C#N)=C/c3ccccc3Sc3ccccc3)[nH]c2c1. The fourth-order valence-corrected chi connectivity index (χ4v) is 3.80. The number of nitriles is 1. The molecule has 0 atom stereocenters. The Hall–Kier alpha value is -3.49. The average Bonchev–Trinajstić information content (AvgIpc) is 3.16. The van der Waals surface area contributed by atoms with Crippen LogP contribution in [0.25, 0.3) is 22.7 Å². The van der Waals surface area contributed by atoms with Gasteiger partial charge in [0, 0.05) is 15.9 Å². The van der Waals surface area contributed by atoms with E-state index in [-0.39, 0.29) is 0 Å². The minimum absolute atomic E-state index is 0.483. The highest BCUT2D eigenvalue weighted by molar-refractivity contribution is 7.99. The third-order valence-electron chi connectivity index (χ3n) is 4.25. The van der Waals surface area contributed by atoms with Gasteiger partial charge in [-0.3, -0.25) is 0 Å². The lowest BCUT2D eigenvalue weighted by Gasteiger charge is -2.06. The maximum Gasteiger partial charge on any atom is 0.149 e. The molecule has 0 saturated heterocycles. The summed E-state index contributed by atoms with van der Waals surface area (Å²) < 4.78 is 5.26. The Balaban J connectivity index is 1.72. The van der Waals surface area contributed by atoms with Crippen molar-refractivity contribution >= 4 is 34.4 Å². The number of H-pyrrole nitrogens is 1. The second-order valence-corrected chi connectivity index (χ2v) is 7.21. The monoisotopic (exact) mass is 383 g/mol. The van der Waals surface area contributed by atoms with Crippen LogP contribution >= 0.6 is 11.8 Å². The van der Waals surface area contributed by atoms with Crippen LogP contribution in [0.15, 0.2) is 82.6 Å². The Kier molecular flexibility index (Phi) is 5.14. The Morgan fingerprint density at radius 2 is 1.86 bits per heavy atom. The summed E-state index contributed by atoms with van der Waals surface area (Å²) in [4.78, 5) is 10.0. The normalized spacial score (nSPS) is 11.4. The molecule has 1 N–H and O–H groups in total. The summed E-state index contributed by atoms with van der Waals surface area (Å²) in [6.07, 6.45) is 1.88. The highest BCUT2D eigenvalue weighted by atomic mass is 32.2. The smallest absolute Gasteiger partial charge is 0.149 e. The number of nitrogens with one attached hydrogen (secondary N) is 1. The van der Waals surface area contributed by atoms with Crippen LogP contribution in [0.2, 0.25) is 0 Å². The van der Waals surface area contributed by atoms with Crippen LogP contribution < -0.4 is 4.74 Å². The van der Waals surface area contributed by atoms with Crippen molar-refractivity contribution in [1.29, 1.82) is 5.26 Å². The summed E-state index contributed by atoms with van der Waals surface area (Å²) in [5.74, 6) is 1.29. The summed E-state index contributed by atoms with van der Waals surface area (Å²) in [5, 5.41) is 9.74. The van der Waals surface area contributed by atoms with Crippen LogP contribution in [-0.2, 0) is 0 Å². The Labute approximate surface area is 167 Å². The van der Waals surface area contributed by atoms with Gasteiger partial charge in [-0.15, -0.1) is 0 Å². The van der Waals surface area contributed by atoms with Crippen molar-refractivity contribution in [3.8, 4) is 11.8 Å². The fourth-order valence-electron chi connectivity index (χ4n) is 2.86. The van der Waals surface area contributed by atoms with Crippen molar-refractivity contribution in [3.63, 3.8) is 0 Å². The van der Waals surface area contributed by atoms with Crippen molar-refractivity contribution in [2.24, 2.45) is 0 Å². The van der Waals surface area contributed by atoms with Crippen LogP contribution in [0, 0.1) is 11.3 Å². The molecule has 0 saturated carbocycles. The molecule has 1 heterocycles. The maximum atomic E-state index is 9.74. The number of aromatic amines is 1. The maximum absolute atomic E-state index is 9.74. The number of ether oxygens (including phenoxy) is 1. The van der Waals surface area contributed by atoms with Crippen LogP contribution in [0.5, 0.6) is 5.75 Å². The molecule has 0 amide bonds. The van der Waals surface area contributed by atoms with Crippen molar-refractivity contribution in [2.75, 3.05) is 7.11 Å². The van der Waals surface area contributed by atoms with E-state index >= 15 is 0 Å². The largest absolute Gasteiger partial charge is 0.497 e. The Bertz CT molecular complexity index is 1190.